The molecular formula is C26H35N9O2S. The van der Waals surface area contributed by atoms with Gasteiger partial charge in [0, 0.05) is 36.8 Å². The predicted molar refractivity (Wildman–Crippen MR) is 148 cm³/mol. The Morgan fingerprint density at radius 3 is 2.87 bits per heavy atom. The molecule has 0 amide bonds. The Hall–Kier alpha value is -2.95. The van der Waals surface area contributed by atoms with E-state index in [1.165, 1.54) is 0 Å². The smallest absolute Gasteiger partial charge is 0.153 e. The summed E-state index contributed by atoms with van der Waals surface area (Å²) in [5, 5.41) is 29.6. The van der Waals surface area contributed by atoms with Crippen molar-refractivity contribution in [3.05, 3.63) is 36.2 Å². The number of aliphatic hydroxyl groups excluding tert-OH is 1. The van der Waals surface area contributed by atoms with Gasteiger partial charge in [0.15, 0.2) is 5.82 Å². The second kappa shape index (κ2) is 11.8. The number of nitrogens with zero attached hydrogens (tertiary/aromatic N) is 6. The number of aromatic amines is 1. The number of H-pyrrole nitrogens is 1. The van der Waals surface area contributed by atoms with E-state index in [4.69, 9.17) is 10.2 Å². The number of fused-ring (bicyclic) bond motifs is 1. The highest BCUT2D eigenvalue weighted by Gasteiger charge is 2.38. The first kappa shape index (κ1) is 26.6. The lowest BCUT2D eigenvalue weighted by Crippen LogP contribution is -2.55. The van der Waals surface area contributed by atoms with Crippen molar-refractivity contribution in [3.63, 3.8) is 0 Å². The van der Waals surface area contributed by atoms with E-state index in [1.54, 1.807) is 12.3 Å². The first-order valence-corrected chi connectivity index (χ1v) is 14.3. The van der Waals surface area contributed by atoms with E-state index in [-0.39, 0.29) is 24.6 Å². The summed E-state index contributed by atoms with van der Waals surface area (Å²) >= 11 is -1.29. The van der Waals surface area contributed by atoms with Gasteiger partial charge in [-0.25, -0.2) is 4.98 Å². The van der Waals surface area contributed by atoms with Crippen LogP contribution in [0.25, 0.3) is 10.9 Å². The highest BCUT2D eigenvalue weighted by Crippen LogP contribution is 2.34. The summed E-state index contributed by atoms with van der Waals surface area (Å²) in [6.45, 7) is 3.24. The average molecular weight is 538 g/mol. The Morgan fingerprint density at radius 1 is 1.29 bits per heavy atom. The number of rotatable bonds is 9. The van der Waals surface area contributed by atoms with E-state index < -0.39 is 11.5 Å². The fourth-order valence-electron chi connectivity index (χ4n) is 5.35. The van der Waals surface area contributed by atoms with Crippen LogP contribution in [-0.2, 0) is 18.2 Å². The van der Waals surface area contributed by atoms with E-state index in [9.17, 15) is 9.66 Å². The summed E-state index contributed by atoms with van der Waals surface area (Å²) in [6.07, 6.45) is 6.79. The summed E-state index contributed by atoms with van der Waals surface area (Å²) in [4.78, 5) is 11.8. The molecule has 4 heterocycles. The Kier molecular flexibility index (Phi) is 8.30. The highest BCUT2D eigenvalue weighted by atomic mass is 32.2. The molecule has 1 aliphatic carbocycles. The molecular weight excluding hydrogens is 502 g/mol. The molecule has 0 radical (unpaired) electrons. The van der Waals surface area contributed by atoms with E-state index in [1.807, 2.05) is 22.5 Å². The van der Waals surface area contributed by atoms with Gasteiger partial charge in [0.1, 0.15) is 23.2 Å². The predicted octanol–water partition coefficient (Wildman–Crippen LogP) is 2.99. The van der Waals surface area contributed by atoms with Gasteiger partial charge in [-0.05, 0) is 43.7 Å². The lowest BCUT2D eigenvalue weighted by Gasteiger charge is -2.36. The maximum absolute atomic E-state index is 12.9. The van der Waals surface area contributed by atoms with Crippen LogP contribution >= 0.6 is 0 Å². The molecule has 0 spiro atoms. The van der Waals surface area contributed by atoms with Crippen molar-refractivity contribution < 1.29 is 9.66 Å². The maximum atomic E-state index is 12.9. The average Bonchev–Trinajstić information content (AvgIpc) is 3.25. The third kappa shape index (κ3) is 5.87. The molecule has 5 rings (SSSR count). The highest BCUT2D eigenvalue weighted by molar-refractivity contribution is 7.87. The summed E-state index contributed by atoms with van der Waals surface area (Å²) in [7, 11) is 2.08. The van der Waals surface area contributed by atoms with Gasteiger partial charge in [-0.1, -0.05) is 13.3 Å². The molecule has 11 nitrogen and oxygen atoms in total. The van der Waals surface area contributed by atoms with Crippen molar-refractivity contribution >= 4 is 39.9 Å². The molecule has 4 N–H and O–H groups in total. The van der Waals surface area contributed by atoms with Gasteiger partial charge in [0.25, 0.3) is 0 Å². The van der Waals surface area contributed by atoms with Crippen LogP contribution in [0.15, 0.2) is 30.5 Å². The monoisotopic (exact) mass is 537 g/mol. The Labute approximate surface area is 226 Å². The van der Waals surface area contributed by atoms with Crippen LogP contribution in [0.1, 0.15) is 44.7 Å². The molecule has 2 fully saturated rings. The van der Waals surface area contributed by atoms with Gasteiger partial charge in [0.2, 0.25) is 0 Å². The Morgan fingerprint density at radius 2 is 2.13 bits per heavy atom. The molecule has 4 unspecified atom stereocenters. The van der Waals surface area contributed by atoms with E-state index >= 15 is 0 Å². The van der Waals surface area contributed by atoms with Crippen LogP contribution in [-0.4, -0.2) is 66.4 Å². The minimum atomic E-state index is -1.29. The summed E-state index contributed by atoms with van der Waals surface area (Å²) < 4.78 is 18.1. The largest absolute Gasteiger partial charge is 0.579 e. The normalized spacial score (nSPS) is 23.4. The molecule has 1 saturated carbocycles. The summed E-state index contributed by atoms with van der Waals surface area (Å²) in [5.74, 6) is 2.57. The number of hydrogen-bond acceptors (Lipinski definition) is 10. The third-order valence-corrected chi connectivity index (χ3v) is 9.02. The molecule has 4 atom stereocenters. The van der Waals surface area contributed by atoms with Gasteiger partial charge < -0.3 is 19.9 Å². The molecule has 0 aromatic carbocycles. The van der Waals surface area contributed by atoms with Gasteiger partial charge in [0.05, 0.1) is 48.9 Å². The standard InChI is InChI=1S/C26H35N9O2S/c1-3-17-6-7-19(33-38(37)35-14-18(13-27)15-35)10-21(9-17)34(2)26-22-5-4-8-28-23(22)12-24(30-26)29-25-11-20(16-36)31-32-25/h4-5,8,11-12,17-19,21,33,36H,3,6-7,9-10,14-16H2,1-2H3,(H2,29,30,31,32). The van der Waals surface area contributed by atoms with Crippen LogP contribution in [0.2, 0.25) is 0 Å². The first-order valence-electron chi connectivity index (χ1n) is 13.2. The molecule has 1 saturated heterocycles. The van der Waals surface area contributed by atoms with Crippen LogP contribution in [0.3, 0.4) is 0 Å². The molecule has 202 valence electrons. The zero-order chi connectivity index (χ0) is 26.6. The molecule has 12 heteroatoms. The van der Waals surface area contributed by atoms with Crippen LogP contribution < -0.4 is 14.9 Å². The SMILES string of the molecule is CCC1CCC(N[S+]([O-])N2CC(C#N)C2)CC(N(C)c2nc(Nc3cc(CO)[nH]n3)cc3ncccc23)C1. The van der Waals surface area contributed by atoms with Gasteiger partial charge in [-0.3, -0.25) is 10.1 Å². The van der Waals surface area contributed by atoms with Gasteiger partial charge >= 0.3 is 0 Å². The zero-order valence-electron chi connectivity index (χ0n) is 21.8. The number of nitrogens with one attached hydrogen (secondary N) is 3. The van der Waals surface area contributed by atoms with Crippen LogP contribution in [0.4, 0.5) is 17.5 Å². The van der Waals surface area contributed by atoms with E-state index in [2.05, 4.69) is 50.2 Å². The van der Waals surface area contributed by atoms with Crippen molar-refractivity contribution in [2.75, 3.05) is 30.4 Å². The lowest BCUT2D eigenvalue weighted by molar-refractivity contribution is 0.242. The van der Waals surface area contributed by atoms with E-state index in [0.29, 0.717) is 36.3 Å². The maximum Gasteiger partial charge on any atom is 0.153 e. The Balaban J connectivity index is 1.38. The van der Waals surface area contributed by atoms with Crippen molar-refractivity contribution in [1.29, 1.82) is 5.26 Å². The summed E-state index contributed by atoms with van der Waals surface area (Å²) in [6, 6.07) is 10.2. The number of aliphatic hydroxyl groups is 1. The Bertz CT molecular complexity index is 1280. The fraction of sp³-hybridized carbons (Fsp3) is 0.538. The van der Waals surface area contributed by atoms with Gasteiger partial charge in [-0.15, -0.1) is 9.03 Å². The molecule has 3 aromatic rings. The molecule has 0 bridgehead atoms. The topological polar surface area (TPSA) is 152 Å². The molecule has 1 aliphatic heterocycles. The van der Waals surface area contributed by atoms with Crippen molar-refractivity contribution in [2.45, 2.75) is 57.7 Å². The minimum absolute atomic E-state index is 0.0243. The zero-order valence-corrected chi connectivity index (χ0v) is 22.6. The first-order chi connectivity index (χ1) is 18.5. The molecule has 38 heavy (non-hydrogen) atoms. The number of nitriles is 1. The van der Waals surface area contributed by atoms with Gasteiger partial charge in [-0.2, -0.15) is 10.4 Å². The molecule has 2 aliphatic rings. The number of anilines is 3. The quantitative estimate of drug-likeness (QED) is 0.237. The molecule has 3 aromatic heterocycles. The number of hydrogen-bond donors (Lipinski definition) is 4. The van der Waals surface area contributed by atoms with Crippen LogP contribution in [0.5, 0.6) is 0 Å². The van der Waals surface area contributed by atoms with Crippen LogP contribution in [0, 0.1) is 23.2 Å². The fourth-order valence-corrected chi connectivity index (χ4v) is 6.63. The van der Waals surface area contributed by atoms with Crippen molar-refractivity contribution in [1.82, 2.24) is 29.2 Å². The second-order valence-corrected chi connectivity index (χ2v) is 11.5. The number of aromatic nitrogens is 4. The van der Waals surface area contributed by atoms with Crippen molar-refractivity contribution in [3.8, 4) is 6.07 Å². The number of pyridine rings is 2. The van der Waals surface area contributed by atoms with E-state index in [0.717, 1.165) is 48.8 Å². The lowest BCUT2D eigenvalue weighted by atomic mass is 9.95. The summed E-state index contributed by atoms with van der Waals surface area (Å²) in [5.41, 5.74) is 1.44. The second-order valence-electron chi connectivity index (χ2n) is 10.3. The minimum Gasteiger partial charge on any atom is -0.579 e. The van der Waals surface area contributed by atoms with Crippen molar-refractivity contribution in [2.24, 2.45) is 11.8 Å². The third-order valence-electron chi connectivity index (χ3n) is 7.71.